The van der Waals surface area contributed by atoms with Crippen LogP contribution in [0.15, 0.2) is 36.4 Å². The van der Waals surface area contributed by atoms with Crippen LogP contribution in [-0.4, -0.2) is 71.1 Å². The maximum absolute atomic E-state index is 12.2. The van der Waals surface area contributed by atoms with E-state index >= 15 is 0 Å². The Hall–Kier alpha value is -4.08. The van der Waals surface area contributed by atoms with Crippen LogP contribution in [0.1, 0.15) is 31.0 Å². The molecule has 2 aliphatic heterocycles. The summed E-state index contributed by atoms with van der Waals surface area (Å²) in [4.78, 5) is 39.5. The minimum atomic E-state index is -0.385. The number of carbonyl (C=O) groups is 2. The molecule has 0 saturated carbocycles. The number of phenolic OH excluding ortho intramolecular Hbond substituents is 1. The molecule has 194 valence electrons. The number of carbonyl (C=O) groups excluding carboxylic acids is 2. The van der Waals surface area contributed by atoms with Crippen molar-refractivity contribution in [2.75, 3.05) is 54.4 Å². The van der Waals surface area contributed by atoms with E-state index in [0.29, 0.717) is 51.6 Å². The predicted molar refractivity (Wildman–Crippen MR) is 144 cm³/mol. The van der Waals surface area contributed by atoms with E-state index < -0.39 is 0 Å². The summed E-state index contributed by atoms with van der Waals surface area (Å²) in [7, 11) is 0. The average Bonchev–Trinajstić information content (AvgIpc) is 2.91. The Morgan fingerprint density at radius 3 is 2.59 bits per heavy atom. The quantitative estimate of drug-likeness (QED) is 0.448. The van der Waals surface area contributed by atoms with Gasteiger partial charge >= 0.3 is 0 Å². The van der Waals surface area contributed by atoms with Crippen molar-refractivity contribution in [1.29, 1.82) is 0 Å². The number of fused-ring (bicyclic) bond motifs is 2. The Balaban J connectivity index is 1.46. The number of amides is 2. The lowest BCUT2D eigenvalue weighted by atomic mass is 10.0. The molecule has 0 radical (unpaired) electrons. The molecule has 4 N–H and O–H groups in total. The average molecular weight is 504 g/mol. The maximum atomic E-state index is 12.2. The molecule has 10 nitrogen and oxygen atoms in total. The maximum Gasteiger partial charge on any atom is 0.224 e. The number of phenols is 1. The van der Waals surface area contributed by atoms with Gasteiger partial charge in [0.25, 0.3) is 0 Å². The Morgan fingerprint density at radius 1 is 1.05 bits per heavy atom. The van der Waals surface area contributed by atoms with E-state index in [1.165, 1.54) is 0 Å². The fourth-order valence-electron chi connectivity index (χ4n) is 5.18. The normalized spacial score (nSPS) is 15.5. The topological polar surface area (TPSA) is 128 Å². The standard InChI is InChI=1S/C27H33N7O3/c1-2-25(37)32-11-13-33(14-12-32)26-21-8-10-34(17-22(21)30-27(31-26)29-9-7-24(28)36)23-16-19(35)15-18-5-3-4-6-20(18)23/h3-6,15-16,35H,2,7-14,17H2,1H3,(H2,28,36)(H,29,30,31). The first kappa shape index (κ1) is 24.6. The van der Waals surface area contributed by atoms with Crippen molar-refractivity contribution >= 4 is 40.0 Å². The summed E-state index contributed by atoms with van der Waals surface area (Å²) < 4.78 is 0. The first-order valence-electron chi connectivity index (χ1n) is 12.8. The summed E-state index contributed by atoms with van der Waals surface area (Å²) in [6.07, 6.45) is 1.45. The van der Waals surface area contributed by atoms with Gasteiger partial charge in [-0.1, -0.05) is 31.2 Å². The number of aromatic hydroxyl groups is 1. The molecule has 1 aromatic heterocycles. The number of primary amides is 1. The second-order valence-corrected chi connectivity index (χ2v) is 9.52. The first-order chi connectivity index (χ1) is 17.9. The van der Waals surface area contributed by atoms with Crippen molar-refractivity contribution in [2.24, 2.45) is 5.73 Å². The first-order valence-corrected chi connectivity index (χ1v) is 12.8. The van der Waals surface area contributed by atoms with E-state index in [9.17, 15) is 14.7 Å². The number of hydrogen-bond acceptors (Lipinski definition) is 8. The summed E-state index contributed by atoms with van der Waals surface area (Å²) in [5.74, 6) is 1.37. The molecule has 0 unspecified atom stereocenters. The molecule has 2 aliphatic rings. The Kier molecular flexibility index (Phi) is 6.98. The van der Waals surface area contributed by atoms with Gasteiger partial charge in [-0.2, -0.15) is 4.98 Å². The zero-order valence-corrected chi connectivity index (χ0v) is 21.1. The molecule has 37 heavy (non-hydrogen) atoms. The van der Waals surface area contributed by atoms with Crippen LogP contribution in [0.5, 0.6) is 5.75 Å². The molecular formula is C27H33N7O3. The van der Waals surface area contributed by atoms with Crippen LogP contribution < -0.4 is 20.9 Å². The number of rotatable bonds is 7. The van der Waals surface area contributed by atoms with Crippen LogP contribution >= 0.6 is 0 Å². The molecule has 3 heterocycles. The number of benzene rings is 2. The van der Waals surface area contributed by atoms with Gasteiger partial charge in [-0.05, 0) is 17.9 Å². The van der Waals surface area contributed by atoms with Crippen LogP contribution in [-0.2, 0) is 22.6 Å². The lowest BCUT2D eigenvalue weighted by Crippen LogP contribution is -2.49. The Morgan fingerprint density at radius 2 is 1.84 bits per heavy atom. The van der Waals surface area contributed by atoms with Crippen molar-refractivity contribution in [3.05, 3.63) is 47.7 Å². The van der Waals surface area contributed by atoms with Gasteiger partial charge in [0.1, 0.15) is 11.6 Å². The summed E-state index contributed by atoms with van der Waals surface area (Å²) >= 11 is 0. The second kappa shape index (κ2) is 10.5. The number of nitrogens with two attached hydrogens (primary N) is 1. The Labute approximate surface area is 216 Å². The van der Waals surface area contributed by atoms with Crippen LogP contribution in [0.3, 0.4) is 0 Å². The number of aromatic nitrogens is 2. The number of hydrogen-bond donors (Lipinski definition) is 3. The monoisotopic (exact) mass is 503 g/mol. The van der Waals surface area contributed by atoms with Crippen molar-refractivity contribution in [3.63, 3.8) is 0 Å². The van der Waals surface area contributed by atoms with E-state index in [4.69, 9.17) is 15.7 Å². The lowest BCUT2D eigenvalue weighted by Gasteiger charge is -2.38. The van der Waals surface area contributed by atoms with Gasteiger partial charge in [0, 0.05) is 74.8 Å². The molecule has 3 aromatic rings. The van der Waals surface area contributed by atoms with Crippen LogP contribution in [0.4, 0.5) is 17.5 Å². The number of piperazine rings is 1. The SMILES string of the molecule is CCC(=O)N1CCN(c2nc(NCCC(N)=O)nc3c2CCN(c2cc(O)cc4ccccc24)C3)CC1. The fraction of sp³-hybridized carbons (Fsp3) is 0.407. The van der Waals surface area contributed by atoms with Gasteiger partial charge in [0.05, 0.1) is 12.2 Å². The van der Waals surface area contributed by atoms with Crippen LogP contribution in [0.2, 0.25) is 0 Å². The van der Waals surface area contributed by atoms with Crippen molar-refractivity contribution in [1.82, 2.24) is 14.9 Å². The summed E-state index contributed by atoms with van der Waals surface area (Å²) in [5, 5.41) is 15.6. The van der Waals surface area contributed by atoms with Gasteiger partial charge in [-0.25, -0.2) is 4.98 Å². The van der Waals surface area contributed by atoms with E-state index in [0.717, 1.165) is 46.5 Å². The third-order valence-electron chi connectivity index (χ3n) is 7.10. The molecule has 5 rings (SSSR count). The Bertz CT molecular complexity index is 1320. The second-order valence-electron chi connectivity index (χ2n) is 9.52. The number of nitrogens with zero attached hydrogens (tertiary/aromatic N) is 5. The number of nitrogens with one attached hydrogen (secondary N) is 1. The third-order valence-corrected chi connectivity index (χ3v) is 7.10. The van der Waals surface area contributed by atoms with Gasteiger partial charge in [0.2, 0.25) is 17.8 Å². The van der Waals surface area contributed by atoms with Crippen molar-refractivity contribution in [3.8, 4) is 5.75 Å². The largest absolute Gasteiger partial charge is 0.508 e. The molecule has 0 aliphatic carbocycles. The van der Waals surface area contributed by atoms with Gasteiger partial charge in [-0.3, -0.25) is 9.59 Å². The highest BCUT2D eigenvalue weighted by molar-refractivity contribution is 5.95. The molecule has 1 saturated heterocycles. The van der Waals surface area contributed by atoms with E-state index in [2.05, 4.69) is 21.2 Å². The predicted octanol–water partition coefficient (Wildman–Crippen LogP) is 2.24. The number of anilines is 3. The molecule has 1 fully saturated rings. The zero-order valence-electron chi connectivity index (χ0n) is 21.1. The molecule has 2 amide bonds. The van der Waals surface area contributed by atoms with E-state index in [-0.39, 0.29) is 24.0 Å². The van der Waals surface area contributed by atoms with Gasteiger partial charge < -0.3 is 30.9 Å². The zero-order chi connectivity index (χ0) is 25.9. The minimum absolute atomic E-state index is 0.173. The van der Waals surface area contributed by atoms with Crippen molar-refractivity contribution < 1.29 is 14.7 Å². The van der Waals surface area contributed by atoms with Crippen LogP contribution in [0, 0.1) is 0 Å². The van der Waals surface area contributed by atoms with Gasteiger partial charge in [-0.15, -0.1) is 0 Å². The summed E-state index contributed by atoms with van der Waals surface area (Å²) in [5.41, 5.74) is 8.31. The summed E-state index contributed by atoms with van der Waals surface area (Å²) in [6.45, 7) is 6.31. The molecule has 2 aromatic carbocycles. The molecular weight excluding hydrogens is 470 g/mol. The smallest absolute Gasteiger partial charge is 0.224 e. The fourth-order valence-corrected chi connectivity index (χ4v) is 5.18. The highest BCUT2D eigenvalue weighted by Gasteiger charge is 2.28. The van der Waals surface area contributed by atoms with Gasteiger partial charge in [0.15, 0.2) is 0 Å². The van der Waals surface area contributed by atoms with Crippen molar-refractivity contribution in [2.45, 2.75) is 32.7 Å². The lowest BCUT2D eigenvalue weighted by molar-refractivity contribution is -0.131. The third kappa shape index (κ3) is 5.23. The van der Waals surface area contributed by atoms with E-state index in [1.807, 2.05) is 36.1 Å². The summed E-state index contributed by atoms with van der Waals surface area (Å²) in [6, 6.07) is 11.6. The molecule has 10 heteroatoms. The highest BCUT2D eigenvalue weighted by atomic mass is 16.3. The molecule has 0 atom stereocenters. The van der Waals surface area contributed by atoms with Crippen LogP contribution in [0.25, 0.3) is 10.8 Å². The molecule has 0 bridgehead atoms. The molecule has 0 spiro atoms. The van der Waals surface area contributed by atoms with E-state index in [1.54, 1.807) is 6.07 Å². The minimum Gasteiger partial charge on any atom is -0.508 e. The highest BCUT2D eigenvalue weighted by Crippen LogP contribution is 2.36.